The molecule has 15 heteroatoms. The number of halogens is 6. The third-order valence-electron chi connectivity index (χ3n) is 9.88. The van der Waals surface area contributed by atoms with E-state index in [2.05, 4.69) is 9.97 Å². The molecule has 2 aromatic heterocycles. The van der Waals surface area contributed by atoms with Crippen molar-refractivity contribution >= 4 is 43.1 Å². The number of aromatic nitrogens is 2. The molecule has 0 amide bonds. The van der Waals surface area contributed by atoms with Crippen molar-refractivity contribution in [2.75, 3.05) is 37.4 Å². The Morgan fingerprint density at radius 3 is 2.74 bits per heavy atom. The zero-order valence-electron chi connectivity index (χ0n) is 25.2. The summed E-state index contributed by atoms with van der Waals surface area (Å²) in [4.78, 5) is 12.4. The van der Waals surface area contributed by atoms with E-state index in [4.69, 9.17) is 10.5 Å². The van der Waals surface area contributed by atoms with Gasteiger partial charge in [-0.25, -0.2) is 13.2 Å². The lowest BCUT2D eigenvalue weighted by molar-refractivity contribution is -0.137. The zero-order valence-corrected chi connectivity index (χ0v) is 26.0. The number of nitrogens with zero attached hydrogens (tertiary/aromatic N) is 5. The van der Waals surface area contributed by atoms with Crippen molar-refractivity contribution in [1.82, 2.24) is 14.9 Å². The molecule has 0 radical (unpaired) electrons. The van der Waals surface area contributed by atoms with Gasteiger partial charge < -0.3 is 20.5 Å². The van der Waals surface area contributed by atoms with Crippen molar-refractivity contribution in [3.63, 3.8) is 0 Å². The van der Waals surface area contributed by atoms with Gasteiger partial charge in [-0.15, -0.1) is 11.3 Å². The number of thiophene rings is 1. The molecule has 3 aliphatic rings. The highest BCUT2D eigenvalue weighted by Crippen LogP contribution is 2.48. The predicted molar refractivity (Wildman–Crippen MR) is 165 cm³/mol. The molecule has 2 saturated heterocycles. The molecule has 1 saturated carbocycles. The van der Waals surface area contributed by atoms with E-state index in [1.807, 2.05) is 11.0 Å². The van der Waals surface area contributed by atoms with Crippen LogP contribution >= 0.6 is 11.3 Å². The van der Waals surface area contributed by atoms with Gasteiger partial charge in [-0.3, -0.25) is 4.90 Å². The van der Waals surface area contributed by atoms with E-state index in [1.54, 1.807) is 11.9 Å². The van der Waals surface area contributed by atoms with Crippen molar-refractivity contribution in [1.29, 1.82) is 5.26 Å². The number of alkyl halides is 4. The number of fused-ring (bicyclic) bond motifs is 3. The number of hydrogen-bond donors (Lipinski definition) is 2. The maximum Gasteiger partial charge on any atom is 0.417 e. The first-order valence-electron chi connectivity index (χ1n) is 15.3. The van der Waals surface area contributed by atoms with Crippen LogP contribution in [-0.4, -0.2) is 70.6 Å². The minimum Gasteiger partial charge on any atom is -0.461 e. The van der Waals surface area contributed by atoms with E-state index < -0.39 is 52.3 Å². The van der Waals surface area contributed by atoms with E-state index in [9.17, 15) is 32.3 Å². The molecule has 0 spiro atoms. The van der Waals surface area contributed by atoms with Gasteiger partial charge in [0.25, 0.3) is 0 Å². The zero-order chi connectivity index (χ0) is 33.4. The van der Waals surface area contributed by atoms with Crippen molar-refractivity contribution in [2.45, 2.75) is 68.6 Å². The van der Waals surface area contributed by atoms with E-state index in [-0.39, 0.29) is 69.0 Å². The number of ether oxygens (including phenoxy) is 1. The van der Waals surface area contributed by atoms with Gasteiger partial charge in [-0.2, -0.15) is 28.4 Å². The molecule has 0 unspecified atom stereocenters. The molecule has 4 atom stereocenters. The van der Waals surface area contributed by atoms with Gasteiger partial charge in [-0.1, -0.05) is 6.07 Å². The molecule has 8 nitrogen and oxygen atoms in total. The Morgan fingerprint density at radius 1 is 1.26 bits per heavy atom. The number of nitrogen functional groups attached to an aromatic ring is 1. The van der Waals surface area contributed by atoms with Crippen LogP contribution in [0, 0.1) is 23.0 Å². The van der Waals surface area contributed by atoms with Crippen LogP contribution in [-0.2, 0) is 6.18 Å². The van der Waals surface area contributed by atoms with Gasteiger partial charge in [0.05, 0.1) is 27.5 Å². The van der Waals surface area contributed by atoms with E-state index in [0.717, 1.165) is 24.6 Å². The molecule has 4 heterocycles. The summed E-state index contributed by atoms with van der Waals surface area (Å²) < 4.78 is 96.6. The average molecular weight is 677 g/mol. The maximum atomic E-state index is 16.9. The Morgan fingerprint density at radius 2 is 2.04 bits per heavy atom. The molecule has 4 aromatic rings. The Kier molecular flexibility index (Phi) is 7.68. The highest BCUT2D eigenvalue weighted by atomic mass is 32.1. The second-order valence-electron chi connectivity index (χ2n) is 12.7. The second kappa shape index (κ2) is 11.4. The molecule has 1 aliphatic carbocycles. The molecule has 47 heavy (non-hydrogen) atoms. The summed E-state index contributed by atoms with van der Waals surface area (Å²) in [5, 5.41) is 19.4. The molecule has 0 bridgehead atoms. The summed E-state index contributed by atoms with van der Waals surface area (Å²) in [6.07, 6.45) is -3.67. The van der Waals surface area contributed by atoms with Gasteiger partial charge >= 0.3 is 12.2 Å². The van der Waals surface area contributed by atoms with E-state index >= 15 is 4.39 Å². The minimum atomic E-state index is -5.09. The van der Waals surface area contributed by atoms with Crippen molar-refractivity contribution < 1.29 is 36.2 Å². The first-order valence-corrected chi connectivity index (χ1v) is 16.1. The third-order valence-corrected chi connectivity index (χ3v) is 10.9. The highest BCUT2D eigenvalue weighted by molar-refractivity contribution is 7.23. The van der Waals surface area contributed by atoms with Crippen molar-refractivity contribution in [2.24, 2.45) is 0 Å². The standard InChI is InChI=1S/C32H30F6N6O2S/c1-43(16-3-4-17(45)9-16)29-19-10-21(32(36,37)38)24(18-5-6-22(34)27-23(18)20(12-39)28(40)47-27)25(35)26(19)41-30(42-29)46-14-31-7-2-8-44(31)13-15(33)11-31/h5-6,10,15-17,45H,2-4,7-9,11,13-14,40H2,1H3/t15-,16-,17+,31+/m1/s1. The van der Waals surface area contributed by atoms with Gasteiger partial charge in [0.2, 0.25) is 0 Å². The number of rotatable bonds is 6. The Balaban J connectivity index is 1.45. The van der Waals surface area contributed by atoms with Crippen LogP contribution in [0.15, 0.2) is 18.2 Å². The number of hydrogen-bond acceptors (Lipinski definition) is 9. The van der Waals surface area contributed by atoms with E-state index in [1.165, 1.54) is 0 Å². The average Bonchev–Trinajstić information content (AvgIpc) is 3.77. The maximum absolute atomic E-state index is 16.9. The summed E-state index contributed by atoms with van der Waals surface area (Å²) in [5.41, 5.74) is 1.93. The van der Waals surface area contributed by atoms with Crippen LogP contribution in [0.1, 0.15) is 49.7 Å². The predicted octanol–water partition coefficient (Wildman–Crippen LogP) is 6.57. The van der Waals surface area contributed by atoms with Crippen molar-refractivity contribution in [3.8, 4) is 23.2 Å². The molecule has 248 valence electrons. The minimum absolute atomic E-state index is 0.00235. The third kappa shape index (κ3) is 5.21. The summed E-state index contributed by atoms with van der Waals surface area (Å²) >= 11 is 0.684. The highest BCUT2D eigenvalue weighted by Gasteiger charge is 2.49. The first-order chi connectivity index (χ1) is 22.3. The van der Waals surface area contributed by atoms with Gasteiger partial charge in [0, 0.05) is 42.4 Å². The first kappa shape index (κ1) is 31.7. The number of aliphatic hydroxyl groups is 1. The normalized spacial score (nSPS) is 24.7. The Labute approximate surface area is 269 Å². The van der Waals surface area contributed by atoms with Gasteiger partial charge in [0.1, 0.15) is 41.0 Å². The number of anilines is 2. The number of nitrogens with two attached hydrogens (primary N) is 1. The summed E-state index contributed by atoms with van der Waals surface area (Å²) in [6, 6.07) is 3.86. The number of benzene rings is 2. The van der Waals surface area contributed by atoms with Gasteiger partial charge in [0.15, 0.2) is 5.82 Å². The van der Waals surface area contributed by atoms with Crippen molar-refractivity contribution in [3.05, 3.63) is 41.0 Å². The quantitative estimate of drug-likeness (QED) is 0.221. The monoisotopic (exact) mass is 676 g/mol. The second-order valence-corrected chi connectivity index (χ2v) is 13.7. The summed E-state index contributed by atoms with van der Waals surface area (Å²) in [6.45, 7) is 0.960. The smallest absolute Gasteiger partial charge is 0.417 e. The summed E-state index contributed by atoms with van der Waals surface area (Å²) in [5.74, 6) is -2.22. The molecule has 2 aromatic carbocycles. The topological polar surface area (TPSA) is 112 Å². The SMILES string of the molecule is CN(c1nc(OC[C@@]23CCCN2C[C@H](F)C3)nc2c(F)c(-c3ccc(F)c4sc(N)c(C#N)c34)c(C(F)(F)F)cc12)[C@@H]1CC[C@H](O)C1. The fourth-order valence-electron chi connectivity index (χ4n) is 7.63. The Bertz CT molecular complexity index is 1950. The van der Waals surface area contributed by atoms with Crippen LogP contribution < -0.4 is 15.4 Å². The molecule has 2 aliphatic heterocycles. The van der Waals surface area contributed by atoms with Crippen LogP contribution in [0.5, 0.6) is 6.01 Å². The lowest BCUT2D eigenvalue weighted by Crippen LogP contribution is -2.43. The van der Waals surface area contributed by atoms with Crippen LogP contribution in [0.3, 0.4) is 0 Å². The number of aliphatic hydroxyl groups excluding tert-OH is 1. The van der Waals surface area contributed by atoms with Gasteiger partial charge in [-0.05, 0) is 56.3 Å². The van der Waals surface area contributed by atoms with E-state index in [0.29, 0.717) is 43.6 Å². The Hall–Kier alpha value is -3.87. The van der Waals surface area contributed by atoms with Crippen LogP contribution in [0.25, 0.3) is 32.1 Å². The lowest BCUT2D eigenvalue weighted by atomic mass is 9.92. The fraction of sp³-hybridized carbons (Fsp3) is 0.469. The number of nitriles is 1. The summed E-state index contributed by atoms with van der Waals surface area (Å²) in [7, 11) is 1.60. The molecule has 7 rings (SSSR count). The fourth-order valence-corrected chi connectivity index (χ4v) is 8.58. The molecular weight excluding hydrogens is 646 g/mol. The molecule has 3 N–H and O–H groups in total. The van der Waals surface area contributed by atoms with Crippen LogP contribution in [0.2, 0.25) is 0 Å². The lowest BCUT2D eigenvalue weighted by Gasteiger charge is -2.31. The van der Waals surface area contributed by atoms with Crippen LogP contribution in [0.4, 0.5) is 37.2 Å². The largest absolute Gasteiger partial charge is 0.461 e. The molecular formula is C32H30F6N6O2S. The molecule has 3 fully saturated rings.